The van der Waals surface area contributed by atoms with Crippen LogP contribution in [0.1, 0.15) is 23.7 Å². The van der Waals surface area contributed by atoms with Gasteiger partial charge in [-0.1, -0.05) is 6.92 Å². The number of hydrogen-bond donors (Lipinski definition) is 0. The maximum atomic E-state index is 11.9. The van der Waals surface area contributed by atoms with Crippen molar-refractivity contribution in [2.24, 2.45) is 0 Å². The van der Waals surface area contributed by atoms with Crippen molar-refractivity contribution >= 4 is 23.1 Å². The van der Waals surface area contributed by atoms with Gasteiger partial charge in [-0.2, -0.15) is 9.61 Å². The van der Waals surface area contributed by atoms with Gasteiger partial charge in [0.25, 0.3) is 0 Å². The van der Waals surface area contributed by atoms with Crippen molar-refractivity contribution in [1.82, 2.24) is 9.61 Å². The van der Waals surface area contributed by atoms with Gasteiger partial charge in [-0.05, 0) is 12.3 Å². The first-order chi connectivity index (χ1) is 8.22. The molecule has 5 heteroatoms. The third kappa shape index (κ3) is 1.91. The molecule has 2 aromatic rings. The maximum Gasteiger partial charge on any atom is 0.214 e. The number of Topliss-reactive ketones (excluding diaryl/α,β-unsaturated/α-hetero) is 1. The number of hydrogen-bond acceptors (Lipinski definition) is 4. The molecule has 0 saturated carbocycles. The lowest BCUT2D eigenvalue weighted by molar-refractivity contribution is 0.0989. The Labute approximate surface area is 104 Å². The second kappa shape index (κ2) is 4.79. The van der Waals surface area contributed by atoms with Gasteiger partial charge in [-0.3, -0.25) is 4.79 Å². The Balaban J connectivity index is 2.77. The van der Waals surface area contributed by atoms with Crippen molar-refractivity contribution < 1.29 is 9.53 Å². The lowest BCUT2D eigenvalue weighted by atomic mass is 10.1. The topological polar surface area (TPSA) is 43.6 Å². The lowest BCUT2D eigenvalue weighted by Gasteiger charge is -2.07. The van der Waals surface area contributed by atoms with E-state index >= 15 is 0 Å². The zero-order valence-corrected chi connectivity index (χ0v) is 10.9. The monoisotopic (exact) mass is 250 g/mol. The van der Waals surface area contributed by atoms with Gasteiger partial charge in [0.15, 0.2) is 5.78 Å². The fourth-order valence-electron chi connectivity index (χ4n) is 1.77. The highest BCUT2D eigenvalue weighted by molar-refractivity contribution is 7.98. The van der Waals surface area contributed by atoms with E-state index < -0.39 is 0 Å². The first-order valence-corrected chi connectivity index (χ1v) is 6.57. The molecule has 0 aliphatic heterocycles. The van der Waals surface area contributed by atoms with Crippen molar-refractivity contribution in [1.29, 1.82) is 0 Å². The Morgan fingerprint density at radius 2 is 2.29 bits per heavy atom. The quantitative estimate of drug-likeness (QED) is 0.618. The van der Waals surface area contributed by atoms with Crippen LogP contribution in [-0.4, -0.2) is 28.8 Å². The molecule has 2 heterocycles. The number of nitrogens with zero attached hydrogens (tertiary/aromatic N) is 2. The predicted molar refractivity (Wildman–Crippen MR) is 68.1 cm³/mol. The van der Waals surface area contributed by atoms with E-state index in [9.17, 15) is 4.79 Å². The van der Waals surface area contributed by atoms with E-state index in [4.69, 9.17) is 4.74 Å². The molecule has 17 heavy (non-hydrogen) atoms. The van der Waals surface area contributed by atoms with Crippen LogP contribution in [0.2, 0.25) is 0 Å². The second-order valence-electron chi connectivity index (χ2n) is 3.54. The highest BCUT2D eigenvalue weighted by atomic mass is 32.2. The van der Waals surface area contributed by atoms with Gasteiger partial charge in [0.1, 0.15) is 0 Å². The van der Waals surface area contributed by atoms with Gasteiger partial charge in [-0.15, -0.1) is 11.8 Å². The molecular formula is C12H14N2O2S. The number of pyridine rings is 1. The van der Waals surface area contributed by atoms with Crippen LogP contribution in [0.3, 0.4) is 0 Å². The number of ketones is 1. The molecule has 0 spiro atoms. The summed E-state index contributed by atoms with van der Waals surface area (Å²) < 4.78 is 6.91. The molecule has 0 unspecified atom stereocenters. The van der Waals surface area contributed by atoms with E-state index in [-0.39, 0.29) is 5.78 Å². The zero-order chi connectivity index (χ0) is 12.4. The summed E-state index contributed by atoms with van der Waals surface area (Å²) in [5.41, 5.74) is 1.54. The smallest absolute Gasteiger partial charge is 0.214 e. The van der Waals surface area contributed by atoms with E-state index in [1.807, 2.05) is 13.2 Å². The highest BCUT2D eigenvalue weighted by Crippen LogP contribution is 2.28. The Kier molecular flexibility index (Phi) is 3.38. The summed E-state index contributed by atoms with van der Waals surface area (Å²) in [4.78, 5) is 12.9. The molecule has 0 fully saturated rings. The number of thioether (sulfide) groups is 1. The van der Waals surface area contributed by atoms with Crippen LogP contribution in [0.15, 0.2) is 23.2 Å². The standard InChI is InChI=1S/C12H14N2O2S/c1-4-9(15)8-5-6-11(16-2)14-12(8)10(17-3)7-13-14/h5-7H,4H2,1-3H3. The molecule has 0 bridgehead atoms. The fourth-order valence-corrected chi connectivity index (χ4v) is 2.31. The summed E-state index contributed by atoms with van der Waals surface area (Å²) in [5, 5.41) is 4.26. The number of carbonyl (C=O) groups is 1. The van der Waals surface area contributed by atoms with Crippen LogP contribution >= 0.6 is 11.8 Å². The Bertz CT molecular complexity index is 563. The zero-order valence-electron chi connectivity index (χ0n) is 10.1. The van der Waals surface area contributed by atoms with Gasteiger partial charge in [-0.25, -0.2) is 0 Å². The number of methoxy groups -OCH3 is 1. The van der Waals surface area contributed by atoms with Gasteiger partial charge < -0.3 is 4.74 Å². The Hall–Kier alpha value is -1.49. The molecule has 0 aromatic carbocycles. The van der Waals surface area contributed by atoms with Crippen LogP contribution < -0.4 is 4.74 Å². The van der Waals surface area contributed by atoms with Crippen LogP contribution in [-0.2, 0) is 0 Å². The molecule has 0 N–H and O–H groups in total. The molecule has 0 radical (unpaired) electrons. The Morgan fingerprint density at radius 3 is 2.88 bits per heavy atom. The van der Waals surface area contributed by atoms with Gasteiger partial charge >= 0.3 is 0 Å². The SMILES string of the molecule is CCC(=O)c1ccc(OC)n2ncc(SC)c12. The molecule has 0 aliphatic carbocycles. The van der Waals surface area contributed by atoms with Gasteiger partial charge in [0, 0.05) is 18.1 Å². The highest BCUT2D eigenvalue weighted by Gasteiger charge is 2.16. The first-order valence-electron chi connectivity index (χ1n) is 5.34. The van der Waals surface area contributed by atoms with Crippen molar-refractivity contribution in [3.63, 3.8) is 0 Å². The molecule has 2 rings (SSSR count). The van der Waals surface area contributed by atoms with E-state index in [1.165, 1.54) is 0 Å². The van der Waals surface area contributed by atoms with Crippen LogP contribution in [0, 0.1) is 0 Å². The molecule has 90 valence electrons. The van der Waals surface area contributed by atoms with Gasteiger partial charge in [0.05, 0.1) is 23.7 Å². The number of rotatable bonds is 4. The number of aromatic nitrogens is 2. The molecule has 0 amide bonds. The lowest BCUT2D eigenvalue weighted by Crippen LogP contribution is -2.03. The molecule has 0 saturated heterocycles. The summed E-state index contributed by atoms with van der Waals surface area (Å²) in [6.45, 7) is 1.86. The molecule has 2 aromatic heterocycles. The first kappa shape index (κ1) is 12.0. The number of ether oxygens (including phenoxy) is 1. The van der Waals surface area contributed by atoms with Gasteiger partial charge in [0.2, 0.25) is 5.88 Å². The minimum absolute atomic E-state index is 0.119. The molecule has 0 atom stereocenters. The summed E-state index contributed by atoms with van der Waals surface area (Å²) in [7, 11) is 1.59. The summed E-state index contributed by atoms with van der Waals surface area (Å²) in [6.07, 6.45) is 4.21. The van der Waals surface area contributed by atoms with Crippen molar-refractivity contribution in [3.05, 3.63) is 23.9 Å². The molecular weight excluding hydrogens is 236 g/mol. The molecule has 0 aliphatic rings. The van der Waals surface area contributed by atoms with Crippen LogP contribution in [0.5, 0.6) is 5.88 Å². The summed E-state index contributed by atoms with van der Waals surface area (Å²) in [6, 6.07) is 3.58. The second-order valence-corrected chi connectivity index (χ2v) is 4.39. The van der Waals surface area contributed by atoms with Crippen molar-refractivity contribution in [2.75, 3.05) is 13.4 Å². The maximum absolute atomic E-state index is 11.9. The van der Waals surface area contributed by atoms with Crippen LogP contribution in [0.25, 0.3) is 5.52 Å². The summed E-state index contributed by atoms with van der Waals surface area (Å²) >= 11 is 1.58. The van der Waals surface area contributed by atoms with E-state index in [1.54, 1.807) is 41.7 Å². The minimum atomic E-state index is 0.119. The van der Waals surface area contributed by atoms with E-state index in [2.05, 4.69) is 5.10 Å². The summed E-state index contributed by atoms with van der Waals surface area (Å²) in [5.74, 6) is 0.751. The average molecular weight is 250 g/mol. The third-order valence-corrected chi connectivity index (χ3v) is 3.38. The average Bonchev–Trinajstić information content (AvgIpc) is 2.80. The number of carbonyl (C=O) groups excluding carboxylic acids is 1. The molecule has 4 nitrogen and oxygen atoms in total. The number of fused-ring (bicyclic) bond motifs is 1. The van der Waals surface area contributed by atoms with Crippen molar-refractivity contribution in [2.45, 2.75) is 18.2 Å². The fraction of sp³-hybridized carbons (Fsp3) is 0.333. The third-order valence-electron chi connectivity index (χ3n) is 2.64. The van der Waals surface area contributed by atoms with Crippen LogP contribution in [0.4, 0.5) is 0 Å². The van der Waals surface area contributed by atoms with E-state index in [0.29, 0.717) is 17.9 Å². The predicted octanol–water partition coefficient (Wildman–Crippen LogP) is 2.66. The minimum Gasteiger partial charge on any atom is -0.481 e. The normalized spacial score (nSPS) is 10.8. The van der Waals surface area contributed by atoms with E-state index in [0.717, 1.165) is 10.4 Å². The largest absolute Gasteiger partial charge is 0.481 e. The Morgan fingerprint density at radius 1 is 1.53 bits per heavy atom. The van der Waals surface area contributed by atoms with Crippen molar-refractivity contribution in [3.8, 4) is 5.88 Å².